The lowest BCUT2D eigenvalue weighted by Gasteiger charge is -2.00. The monoisotopic (exact) mass is 254 g/mol. The van der Waals surface area contributed by atoms with Crippen molar-refractivity contribution in [2.24, 2.45) is 0 Å². The van der Waals surface area contributed by atoms with E-state index in [1.165, 1.54) is 6.07 Å². The van der Waals surface area contributed by atoms with Gasteiger partial charge in [0.1, 0.15) is 5.82 Å². The van der Waals surface area contributed by atoms with Gasteiger partial charge in [-0.25, -0.2) is 4.39 Å². The van der Waals surface area contributed by atoms with E-state index in [2.05, 4.69) is 5.10 Å². The lowest BCUT2D eigenvalue weighted by Crippen LogP contribution is -1.99. The molecular weight excluding hydrogens is 243 g/mol. The maximum Gasteiger partial charge on any atom is 0.132 e. The second-order valence-corrected chi connectivity index (χ2v) is 4.13. The zero-order chi connectivity index (χ0) is 12.3. The van der Waals surface area contributed by atoms with Gasteiger partial charge in [-0.05, 0) is 24.6 Å². The highest BCUT2D eigenvalue weighted by atomic mass is 35.5. The van der Waals surface area contributed by atoms with Crippen LogP contribution in [-0.4, -0.2) is 21.5 Å². The molecule has 1 N–H and O–H groups in total. The van der Waals surface area contributed by atoms with Gasteiger partial charge in [-0.1, -0.05) is 11.6 Å². The zero-order valence-corrected chi connectivity index (χ0v) is 9.86. The van der Waals surface area contributed by atoms with E-state index < -0.39 is 0 Å². The summed E-state index contributed by atoms with van der Waals surface area (Å²) in [6.45, 7) is 0.732. The summed E-state index contributed by atoms with van der Waals surface area (Å²) in [6, 6.07) is 4.55. The van der Waals surface area contributed by atoms with Gasteiger partial charge in [-0.3, -0.25) is 4.68 Å². The molecule has 0 saturated heterocycles. The number of hydrogen-bond donors (Lipinski definition) is 1. The van der Waals surface area contributed by atoms with E-state index in [-0.39, 0.29) is 12.4 Å². The molecule has 0 aliphatic rings. The molecule has 0 unspecified atom stereocenters. The molecule has 17 heavy (non-hydrogen) atoms. The van der Waals surface area contributed by atoms with Crippen molar-refractivity contribution in [1.82, 2.24) is 9.78 Å². The van der Waals surface area contributed by atoms with Crippen LogP contribution in [0.15, 0.2) is 30.6 Å². The minimum Gasteiger partial charge on any atom is -0.396 e. The third-order valence-corrected chi connectivity index (χ3v) is 2.66. The Morgan fingerprint density at radius 2 is 2.24 bits per heavy atom. The maximum absolute atomic E-state index is 13.6. The average Bonchev–Trinajstić information content (AvgIpc) is 2.75. The lowest BCUT2D eigenvalue weighted by atomic mass is 10.1. The quantitative estimate of drug-likeness (QED) is 0.911. The number of benzene rings is 1. The first-order chi connectivity index (χ1) is 8.20. The molecule has 0 amide bonds. The average molecular weight is 255 g/mol. The van der Waals surface area contributed by atoms with E-state index in [1.54, 1.807) is 29.2 Å². The molecule has 1 aromatic heterocycles. The fourth-order valence-corrected chi connectivity index (χ4v) is 1.74. The van der Waals surface area contributed by atoms with Crippen LogP contribution >= 0.6 is 11.6 Å². The molecule has 0 fully saturated rings. The molecule has 2 rings (SSSR count). The molecule has 90 valence electrons. The van der Waals surface area contributed by atoms with Gasteiger partial charge < -0.3 is 5.11 Å². The Morgan fingerprint density at radius 1 is 1.41 bits per heavy atom. The van der Waals surface area contributed by atoms with Crippen LogP contribution in [-0.2, 0) is 6.54 Å². The Bertz CT molecular complexity index is 513. The molecule has 0 bridgehead atoms. The van der Waals surface area contributed by atoms with Crippen molar-refractivity contribution in [2.75, 3.05) is 6.61 Å². The molecule has 0 aliphatic carbocycles. The predicted octanol–water partition coefficient (Wildman–Crippen LogP) is 2.73. The molecule has 0 spiro atoms. The normalized spacial score (nSPS) is 10.8. The SMILES string of the molecule is OCCCn1cc(-c2ccc(Cl)cc2F)cn1. The number of aliphatic hydroxyl groups excluding tert-OH is 1. The number of hydrogen-bond acceptors (Lipinski definition) is 2. The second-order valence-electron chi connectivity index (χ2n) is 3.69. The van der Waals surface area contributed by atoms with Crippen LogP contribution in [0.2, 0.25) is 5.02 Å². The van der Waals surface area contributed by atoms with Gasteiger partial charge in [0.25, 0.3) is 0 Å². The molecule has 3 nitrogen and oxygen atoms in total. The van der Waals surface area contributed by atoms with Crippen LogP contribution in [0, 0.1) is 5.82 Å². The maximum atomic E-state index is 13.6. The van der Waals surface area contributed by atoms with Crippen molar-refractivity contribution in [1.29, 1.82) is 0 Å². The van der Waals surface area contributed by atoms with Crippen molar-refractivity contribution in [3.05, 3.63) is 41.4 Å². The summed E-state index contributed by atoms with van der Waals surface area (Å²) in [6.07, 6.45) is 3.98. The van der Waals surface area contributed by atoms with Crippen LogP contribution in [0.25, 0.3) is 11.1 Å². The second kappa shape index (κ2) is 5.29. The van der Waals surface area contributed by atoms with Gasteiger partial charge in [-0.2, -0.15) is 5.10 Å². The van der Waals surface area contributed by atoms with E-state index in [0.29, 0.717) is 29.1 Å². The first-order valence-corrected chi connectivity index (χ1v) is 5.67. The number of halogens is 2. The predicted molar refractivity (Wildman–Crippen MR) is 64.3 cm³/mol. The van der Waals surface area contributed by atoms with Crippen LogP contribution in [0.4, 0.5) is 4.39 Å². The molecular formula is C12H12ClFN2O. The summed E-state index contributed by atoms with van der Waals surface area (Å²) < 4.78 is 15.3. The highest BCUT2D eigenvalue weighted by Gasteiger charge is 2.07. The van der Waals surface area contributed by atoms with Crippen LogP contribution < -0.4 is 0 Å². The van der Waals surface area contributed by atoms with Crippen LogP contribution in [0.5, 0.6) is 0 Å². The summed E-state index contributed by atoms with van der Waals surface area (Å²) in [5, 5.41) is 13.2. The van der Waals surface area contributed by atoms with Gasteiger partial charge in [0.05, 0.1) is 6.20 Å². The first kappa shape index (κ1) is 12.1. The van der Waals surface area contributed by atoms with E-state index in [9.17, 15) is 4.39 Å². The molecule has 0 saturated carbocycles. The number of aliphatic hydroxyl groups is 1. The van der Waals surface area contributed by atoms with Crippen molar-refractivity contribution in [2.45, 2.75) is 13.0 Å². The lowest BCUT2D eigenvalue weighted by molar-refractivity contribution is 0.277. The fourth-order valence-electron chi connectivity index (χ4n) is 1.58. The summed E-state index contributed by atoms with van der Waals surface area (Å²) in [7, 11) is 0. The fraction of sp³-hybridized carbons (Fsp3) is 0.250. The van der Waals surface area contributed by atoms with Gasteiger partial charge in [-0.15, -0.1) is 0 Å². The summed E-state index contributed by atoms with van der Waals surface area (Å²) in [4.78, 5) is 0. The van der Waals surface area contributed by atoms with Crippen molar-refractivity contribution in [3.8, 4) is 11.1 Å². The van der Waals surface area contributed by atoms with Gasteiger partial charge >= 0.3 is 0 Å². The number of aryl methyl sites for hydroxylation is 1. The number of aromatic nitrogens is 2. The van der Waals surface area contributed by atoms with Gasteiger partial charge in [0, 0.05) is 35.5 Å². The summed E-state index contributed by atoms with van der Waals surface area (Å²) in [5.74, 6) is -0.362. The Kier molecular flexibility index (Phi) is 3.76. The zero-order valence-electron chi connectivity index (χ0n) is 9.11. The van der Waals surface area contributed by atoms with E-state index in [4.69, 9.17) is 16.7 Å². The van der Waals surface area contributed by atoms with Crippen LogP contribution in [0.3, 0.4) is 0 Å². The highest BCUT2D eigenvalue weighted by molar-refractivity contribution is 6.30. The van der Waals surface area contributed by atoms with Crippen LogP contribution in [0.1, 0.15) is 6.42 Å². The standard InChI is InChI=1S/C12H12ClFN2O/c13-10-2-3-11(12(14)6-10)9-7-15-16(8-9)4-1-5-17/h2-3,6-8,17H,1,4-5H2. The smallest absolute Gasteiger partial charge is 0.132 e. The van der Waals surface area contributed by atoms with Crippen molar-refractivity contribution < 1.29 is 9.50 Å². The van der Waals surface area contributed by atoms with E-state index in [1.807, 2.05) is 0 Å². The minimum atomic E-state index is -0.362. The van der Waals surface area contributed by atoms with Crippen molar-refractivity contribution >= 4 is 11.6 Å². The Balaban J connectivity index is 2.24. The first-order valence-electron chi connectivity index (χ1n) is 5.29. The summed E-state index contributed by atoms with van der Waals surface area (Å²) >= 11 is 5.69. The summed E-state index contributed by atoms with van der Waals surface area (Å²) in [5.41, 5.74) is 1.18. The Morgan fingerprint density at radius 3 is 2.94 bits per heavy atom. The molecule has 5 heteroatoms. The van der Waals surface area contributed by atoms with Gasteiger partial charge in [0.2, 0.25) is 0 Å². The molecule has 0 radical (unpaired) electrons. The molecule has 0 atom stereocenters. The molecule has 1 heterocycles. The topological polar surface area (TPSA) is 38.0 Å². The minimum absolute atomic E-state index is 0.116. The van der Waals surface area contributed by atoms with E-state index >= 15 is 0 Å². The number of rotatable bonds is 4. The third kappa shape index (κ3) is 2.84. The largest absolute Gasteiger partial charge is 0.396 e. The Hall–Kier alpha value is -1.39. The Labute approximate surface area is 103 Å². The molecule has 0 aliphatic heterocycles. The molecule has 1 aromatic carbocycles. The van der Waals surface area contributed by atoms with E-state index in [0.717, 1.165) is 0 Å². The molecule has 2 aromatic rings. The van der Waals surface area contributed by atoms with Gasteiger partial charge in [0.15, 0.2) is 0 Å². The highest BCUT2D eigenvalue weighted by Crippen LogP contribution is 2.24. The van der Waals surface area contributed by atoms with Crippen molar-refractivity contribution in [3.63, 3.8) is 0 Å². The third-order valence-electron chi connectivity index (χ3n) is 2.42. The number of nitrogens with zero attached hydrogens (tertiary/aromatic N) is 2.